The zero-order valence-corrected chi connectivity index (χ0v) is 6.41. The molecule has 2 N–H and O–H groups in total. The first-order valence-corrected chi connectivity index (χ1v) is 3.64. The van der Waals surface area contributed by atoms with Crippen LogP contribution in [0.3, 0.4) is 0 Å². The van der Waals surface area contributed by atoms with E-state index in [0.717, 1.165) is 6.42 Å². The molecule has 1 rings (SSSR count). The lowest BCUT2D eigenvalue weighted by Crippen LogP contribution is -2.34. The molecule has 58 valence electrons. The van der Waals surface area contributed by atoms with Crippen LogP contribution < -0.4 is 0 Å². The van der Waals surface area contributed by atoms with Crippen molar-refractivity contribution < 1.29 is 10.2 Å². The number of aliphatic hydroxyl groups is 2. The average molecular weight is 142 g/mol. The van der Waals surface area contributed by atoms with Crippen LogP contribution in [-0.2, 0) is 0 Å². The van der Waals surface area contributed by atoms with E-state index in [4.69, 9.17) is 0 Å². The molecule has 0 heterocycles. The monoisotopic (exact) mass is 142 g/mol. The number of rotatable bonds is 0. The molecule has 0 aliphatic heterocycles. The van der Waals surface area contributed by atoms with Gasteiger partial charge in [-0.25, -0.2) is 0 Å². The summed E-state index contributed by atoms with van der Waals surface area (Å²) in [5.41, 5.74) is 1.17. The minimum absolute atomic E-state index is 0.194. The van der Waals surface area contributed by atoms with E-state index in [9.17, 15) is 10.2 Å². The topological polar surface area (TPSA) is 40.5 Å². The molecule has 1 aliphatic rings. The third-order valence-corrected chi connectivity index (χ3v) is 2.03. The highest BCUT2D eigenvalue weighted by Gasteiger charge is 2.25. The Morgan fingerprint density at radius 2 is 2.10 bits per heavy atom. The predicted octanol–water partition coefficient (Wildman–Crippen LogP) is 0.694. The van der Waals surface area contributed by atoms with Crippen molar-refractivity contribution in [3.8, 4) is 0 Å². The van der Waals surface area contributed by atoms with E-state index in [1.165, 1.54) is 5.57 Å². The van der Waals surface area contributed by atoms with Crippen molar-refractivity contribution in [2.45, 2.75) is 32.5 Å². The molecule has 0 aromatic rings. The summed E-state index contributed by atoms with van der Waals surface area (Å²) in [4.78, 5) is 0. The maximum absolute atomic E-state index is 9.27. The normalized spacial score (nSPS) is 41.2. The van der Waals surface area contributed by atoms with Crippen molar-refractivity contribution in [3.05, 3.63) is 11.6 Å². The molecule has 0 spiro atoms. The van der Waals surface area contributed by atoms with Gasteiger partial charge in [-0.05, 0) is 19.3 Å². The van der Waals surface area contributed by atoms with Crippen LogP contribution in [0.5, 0.6) is 0 Å². The summed E-state index contributed by atoms with van der Waals surface area (Å²) in [6, 6.07) is 0. The molecule has 0 amide bonds. The van der Waals surface area contributed by atoms with Crippen molar-refractivity contribution in [1.29, 1.82) is 0 Å². The van der Waals surface area contributed by atoms with Gasteiger partial charge in [0.1, 0.15) is 0 Å². The molecule has 3 atom stereocenters. The molecule has 2 heteroatoms. The van der Waals surface area contributed by atoms with Crippen LogP contribution in [0, 0.1) is 5.92 Å². The Kier molecular flexibility index (Phi) is 2.11. The van der Waals surface area contributed by atoms with Crippen molar-refractivity contribution in [1.82, 2.24) is 0 Å². The highest BCUT2D eigenvalue weighted by atomic mass is 16.3. The molecule has 1 aliphatic carbocycles. The van der Waals surface area contributed by atoms with E-state index < -0.39 is 12.2 Å². The van der Waals surface area contributed by atoms with Gasteiger partial charge in [-0.15, -0.1) is 0 Å². The summed E-state index contributed by atoms with van der Waals surface area (Å²) in [5, 5.41) is 18.5. The number of aliphatic hydroxyl groups excluding tert-OH is 2. The fourth-order valence-corrected chi connectivity index (χ4v) is 1.42. The maximum Gasteiger partial charge on any atom is 0.0985 e. The quantitative estimate of drug-likeness (QED) is 0.489. The SMILES string of the molecule is CC1=C[C@@H](O)[C@@H](O)[C@H](C)C1. The van der Waals surface area contributed by atoms with Crippen molar-refractivity contribution in [3.63, 3.8) is 0 Å². The number of hydrogen-bond acceptors (Lipinski definition) is 2. The van der Waals surface area contributed by atoms with Crippen LogP contribution in [0.25, 0.3) is 0 Å². The zero-order valence-electron chi connectivity index (χ0n) is 6.41. The summed E-state index contributed by atoms with van der Waals surface area (Å²) in [6.45, 7) is 3.93. The standard InChI is InChI=1S/C8H14O2/c1-5-3-6(2)8(10)7(9)4-5/h4,6-10H,3H2,1-2H3/t6-,7-,8+/m1/s1. The molecule has 0 fully saturated rings. The Balaban J connectivity index is 2.69. The second kappa shape index (κ2) is 2.72. The predicted molar refractivity (Wildman–Crippen MR) is 39.6 cm³/mol. The van der Waals surface area contributed by atoms with Gasteiger partial charge in [0.15, 0.2) is 0 Å². The van der Waals surface area contributed by atoms with Gasteiger partial charge in [0.2, 0.25) is 0 Å². The third-order valence-electron chi connectivity index (χ3n) is 2.03. The minimum atomic E-state index is -0.649. The summed E-state index contributed by atoms with van der Waals surface area (Å²) in [7, 11) is 0. The van der Waals surface area contributed by atoms with Crippen LogP contribution in [0.4, 0.5) is 0 Å². The second-order valence-electron chi connectivity index (χ2n) is 3.18. The van der Waals surface area contributed by atoms with E-state index in [2.05, 4.69) is 0 Å². The summed E-state index contributed by atoms with van der Waals surface area (Å²) < 4.78 is 0. The van der Waals surface area contributed by atoms with Gasteiger partial charge in [0.25, 0.3) is 0 Å². The van der Waals surface area contributed by atoms with Gasteiger partial charge in [-0.3, -0.25) is 0 Å². The van der Waals surface area contributed by atoms with Crippen LogP contribution in [-0.4, -0.2) is 22.4 Å². The Hall–Kier alpha value is -0.340. The Morgan fingerprint density at radius 3 is 2.60 bits per heavy atom. The van der Waals surface area contributed by atoms with Gasteiger partial charge < -0.3 is 10.2 Å². The van der Waals surface area contributed by atoms with Crippen molar-refractivity contribution >= 4 is 0 Å². The van der Waals surface area contributed by atoms with Crippen LogP contribution >= 0.6 is 0 Å². The zero-order chi connectivity index (χ0) is 7.72. The molecule has 0 radical (unpaired) electrons. The molecule has 0 unspecified atom stereocenters. The largest absolute Gasteiger partial charge is 0.390 e. The third kappa shape index (κ3) is 1.39. The fraction of sp³-hybridized carbons (Fsp3) is 0.750. The number of allylic oxidation sites excluding steroid dienone is 1. The maximum atomic E-state index is 9.27. The molecule has 2 nitrogen and oxygen atoms in total. The lowest BCUT2D eigenvalue weighted by Gasteiger charge is -2.27. The molecule has 10 heavy (non-hydrogen) atoms. The lowest BCUT2D eigenvalue weighted by atomic mass is 9.87. The van der Waals surface area contributed by atoms with Crippen LogP contribution in [0.2, 0.25) is 0 Å². The van der Waals surface area contributed by atoms with Gasteiger partial charge in [0, 0.05) is 0 Å². The first-order chi connectivity index (χ1) is 4.61. The van der Waals surface area contributed by atoms with Crippen LogP contribution in [0.15, 0.2) is 11.6 Å². The van der Waals surface area contributed by atoms with E-state index in [1.807, 2.05) is 13.8 Å². The Bertz CT molecular complexity index is 151. The second-order valence-corrected chi connectivity index (χ2v) is 3.18. The van der Waals surface area contributed by atoms with Gasteiger partial charge in [-0.2, -0.15) is 0 Å². The summed E-state index contributed by atoms with van der Waals surface area (Å²) in [6.07, 6.45) is 1.41. The first-order valence-electron chi connectivity index (χ1n) is 3.64. The fourth-order valence-electron chi connectivity index (χ4n) is 1.42. The average Bonchev–Trinajstić information content (AvgIpc) is 1.82. The first kappa shape index (κ1) is 7.76. The summed E-state index contributed by atoms with van der Waals surface area (Å²) in [5.74, 6) is 0.194. The Morgan fingerprint density at radius 1 is 1.50 bits per heavy atom. The van der Waals surface area contributed by atoms with E-state index >= 15 is 0 Å². The highest BCUT2D eigenvalue weighted by Crippen LogP contribution is 2.23. The van der Waals surface area contributed by atoms with E-state index in [0.29, 0.717) is 0 Å². The van der Waals surface area contributed by atoms with E-state index in [-0.39, 0.29) is 5.92 Å². The molecular formula is C8H14O2. The minimum Gasteiger partial charge on any atom is -0.390 e. The van der Waals surface area contributed by atoms with Gasteiger partial charge in [0.05, 0.1) is 12.2 Å². The molecule has 0 aromatic heterocycles. The number of hydrogen-bond donors (Lipinski definition) is 2. The molecule has 0 aromatic carbocycles. The molecular weight excluding hydrogens is 128 g/mol. The van der Waals surface area contributed by atoms with Gasteiger partial charge >= 0.3 is 0 Å². The van der Waals surface area contributed by atoms with Gasteiger partial charge in [-0.1, -0.05) is 18.6 Å². The smallest absolute Gasteiger partial charge is 0.0985 e. The molecule has 0 saturated heterocycles. The van der Waals surface area contributed by atoms with Crippen molar-refractivity contribution in [2.75, 3.05) is 0 Å². The summed E-state index contributed by atoms with van der Waals surface area (Å²) >= 11 is 0. The molecule has 0 bridgehead atoms. The lowest BCUT2D eigenvalue weighted by molar-refractivity contribution is 0.00589. The Labute approximate surface area is 61.2 Å². The van der Waals surface area contributed by atoms with Crippen LogP contribution in [0.1, 0.15) is 20.3 Å². The molecule has 0 saturated carbocycles. The van der Waals surface area contributed by atoms with Crippen molar-refractivity contribution in [2.24, 2.45) is 5.92 Å². The highest BCUT2D eigenvalue weighted by molar-refractivity contribution is 5.10. The van der Waals surface area contributed by atoms with E-state index in [1.54, 1.807) is 6.08 Å².